The van der Waals surface area contributed by atoms with Crippen LogP contribution in [0.4, 0.5) is 18.0 Å². The van der Waals surface area contributed by atoms with Gasteiger partial charge in [-0.3, -0.25) is 18.7 Å². The van der Waals surface area contributed by atoms with Gasteiger partial charge >= 0.3 is 18.1 Å². The molecule has 1 saturated carbocycles. The Hall–Kier alpha value is -2.67. The van der Waals surface area contributed by atoms with Crippen molar-refractivity contribution in [2.45, 2.75) is 65.6 Å². The molecule has 1 aliphatic rings. The average Bonchev–Trinajstić information content (AvgIpc) is 3.26. The van der Waals surface area contributed by atoms with Gasteiger partial charge in [0.2, 0.25) is 0 Å². The SMILES string of the molecule is Cc1c(C=NNC(=O)OC(C)(C)C)sc2c1c(=O)n(C1CC1C)c(=O)n2CCOC(F)(F)F. The van der Waals surface area contributed by atoms with E-state index >= 15 is 0 Å². The zero-order valence-electron chi connectivity index (χ0n) is 18.8. The van der Waals surface area contributed by atoms with Crippen LogP contribution >= 0.6 is 11.3 Å². The number of nitrogens with one attached hydrogen (secondary N) is 1. The van der Waals surface area contributed by atoms with Crippen LogP contribution in [0.1, 0.15) is 50.6 Å². The Morgan fingerprint density at radius 3 is 2.48 bits per heavy atom. The van der Waals surface area contributed by atoms with E-state index in [2.05, 4.69) is 15.3 Å². The van der Waals surface area contributed by atoms with E-state index < -0.39 is 35.9 Å². The van der Waals surface area contributed by atoms with Crippen LogP contribution in [0, 0.1) is 12.8 Å². The number of hydrazone groups is 1. The van der Waals surface area contributed by atoms with Crippen molar-refractivity contribution in [3.8, 4) is 0 Å². The first-order valence-electron chi connectivity index (χ1n) is 10.2. The van der Waals surface area contributed by atoms with E-state index in [1.807, 2.05) is 6.92 Å². The Kier molecular flexibility index (Phi) is 6.76. The van der Waals surface area contributed by atoms with Gasteiger partial charge in [0.25, 0.3) is 5.56 Å². The van der Waals surface area contributed by atoms with Crippen molar-refractivity contribution in [2.75, 3.05) is 6.61 Å². The Morgan fingerprint density at radius 1 is 1.30 bits per heavy atom. The normalized spacial score (nSPS) is 18.8. The summed E-state index contributed by atoms with van der Waals surface area (Å²) in [7, 11) is 0. The molecule has 1 fully saturated rings. The molecule has 0 aromatic carbocycles. The number of fused-ring (bicyclic) bond motifs is 1. The van der Waals surface area contributed by atoms with E-state index in [0.717, 1.165) is 20.5 Å². The molecule has 0 radical (unpaired) electrons. The molecule has 9 nitrogen and oxygen atoms in total. The number of alkyl halides is 3. The van der Waals surface area contributed by atoms with Gasteiger partial charge in [-0.15, -0.1) is 24.5 Å². The lowest BCUT2D eigenvalue weighted by atomic mass is 10.2. The number of ether oxygens (including phenoxy) is 2. The summed E-state index contributed by atoms with van der Waals surface area (Å²) >= 11 is 1.01. The number of aromatic nitrogens is 2. The minimum atomic E-state index is -4.83. The Balaban J connectivity index is 2.00. The highest BCUT2D eigenvalue weighted by Crippen LogP contribution is 2.41. The number of rotatable bonds is 6. The Bertz CT molecular complexity index is 1210. The lowest BCUT2D eigenvalue weighted by Crippen LogP contribution is -2.40. The number of hydrogen-bond acceptors (Lipinski definition) is 7. The fourth-order valence-electron chi connectivity index (χ4n) is 3.35. The standard InChI is InChI=1S/C20H25F3N4O5S/c1-10-8-12(10)27-15(28)14-11(2)13(9-24-25-17(29)32-19(3,4)5)33-16(14)26(18(27)30)6-7-31-20(21,22)23/h9-10,12H,6-8H2,1-5H3,(H,25,29). The Morgan fingerprint density at radius 2 is 1.94 bits per heavy atom. The third-order valence-corrected chi connectivity index (χ3v) is 6.25. The van der Waals surface area contributed by atoms with Crippen molar-refractivity contribution in [1.29, 1.82) is 0 Å². The zero-order chi connectivity index (χ0) is 24.7. The van der Waals surface area contributed by atoms with E-state index in [4.69, 9.17) is 4.74 Å². The lowest BCUT2D eigenvalue weighted by Gasteiger charge is -2.18. The van der Waals surface area contributed by atoms with E-state index in [1.54, 1.807) is 27.7 Å². The van der Waals surface area contributed by atoms with Gasteiger partial charge in [0.1, 0.15) is 10.4 Å². The third-order valence-electron chi connectivity index (χ3n) is 5.00. The molecule has 0 bridgehead atoms. The maximum atomic E-state index is 13.1. The summed E-state index contributed by atoms with van der Waals surface area (Å²) in [5, 5.41) is 4.06. The molecule has 1 aliphatic carbocycles. The van der Waals surface area contributed by atoms with Crippen molar-refractivity contribution in [1.82, 2.24) is 14.6 Å². The number of carbonyl (C=O) groups excluding carboxylic acids is 1. The molecule has 2 aromatic rings. The van der Waals surface area contributed by atoms with Crippen LogP contribution in [0.25, 0.3) is 10.2 Å². The molecule has 2 aromatic heterocycles. The maximum Gasteiger partial charge on any atom is 0.522 e. The molecule has 2 unspecified atom stereocenters. The van der Waals surface area contributed by atoms with Crippen molar-refractivity contribution >= 4 is 33.9 Å². The lowest BCUT2D eigenvalue weighted by molar-refractivity contribution is -0.325. The minimum absolute atomic E-state index is 0.116. The molecule has 0 spiro atoms. The predicted molar refractivity (Wildman–Crippen MR) is 117 cm³/mol. The first kappa shape index (κ1) is 25.0. The van der Waals surface area contributed by atoms with Crippen LogP contribution < -0.4 is 16.7 Å². The van der Waals surface area contributed by atoms with E-state index in [-0.39, 0.29) is 28.7 Å². The minimum Gasteiger partial charge on any atom is -0.443 e. The number of carbonyl (C=O) groups is 1. The van der Waals surface area contributed by atoms with Crippen LogP contribution in [0.15, 0.2) is 14.7 Å². The highest BCUT2D eigenvalue weighted by Gasteiger charge is 2.38. The number of amides is 1. The third kappa shape index (κ3) is 5.82. The summed E-state index contributed by atoms with van der Waals surface area (Å²) in [6, 6.07) is -0.297. The molecule has 0 saturated heterocycles. The highest BCUT2D eigenvalue weighted by molar-refractivity contribution is 7.20. The molecule has 1 amide bonds. The predicted octanol–water partition coefficient (Wildman–Crippen LogP) is 3.51. The molecule has 3 rings (SSSR count). The zero-order valence-corrected chi connectivity index (χ0v) is 19.6. The molecule has 0 aliphatic heterocycles. The van der Waals surface area contributed by atoms with Crippen LogP contribution in [-0.4, -0.2) is 40.0 Å². The van der Waals surface area contributed by atoms with Gasteiger partial charge in [-0.2, -0.15) is 5.10 Å². The quantitative estimate of drug-likeness (QED) is 0.493. The summed E-state index contributed by atoms with van der Waals surface area (Å²) in [6.07, 6.45) is -3.67. The topological polar surface area (TPSA) is 104 Å². The first-order valence-corrected chi connectivity index (χ1v) is 11.0. The molecular formula is C20H25F3N4O5S. The number of hydrogen-bond donors (Lipinski definition) is 1. The molecular weight excluding hydrogens is 465 g/mol. The van der Waals surface area contributed by atoms with Crippen LogP contribution in [0.5, 0.6) is 0 Å². The van der Waals surface area contributed by atoms with Gasteiger partial charge in [-0.25, -0.2) is 15.0 Å². The monoisotopic (exact) mass is 490 g/mol. The van der Waals surface area contributed by atoms with E-state index in [1.165, 1.54) is 6.21 Å². The van der Waals surface area contributed by atoms with Crippen molar-refractivity contribution in [3.63, 3.8) is 0 Å². The van der Waals surface area contributed by atoms with Crippen molar-refractivity contribution in [2.24, 2.45) is 11.0 Å². The Labute approximate surface area is 190 Å². The summed E-state index contributed by atoms with van der Waals surface area (Å²) in [5.41, 5.74) is 0.830. The van der Waals surface area contributed by atoms with Gasteiger partial charge in [0.15, 0.2) is 0 Å². The van der Waals surface area contributed by atoms with Gasteiger partial charge in [0.05, 0.1) is 29.6 Å². The highest BCUT2D eigenvalue weighted by atomic mass is 32.1. The molecule has 2 atom stereocenters. The van der Waals surface area contributed by atoms with Crippen LogP contribution in [-0.2, 0) is 16.0 Å². The fourth-order valence-corrected chi connectivity index (χ4v) is 4.54. The summed E-state index contributed by atoms with van der Waals surface area (Å²) < 4.78 is 48.5. The summed E-state index contributed by atoms with van der Waals surface area (Å²) in [4.78, 5) is 38.6. The molecule has 182 valence electrons. The summed E-state index contributed by atoms with van der Waals surface area (Å²) in [6.45, 7) is 7.45. The summed E-state index contributed by atoms with van der Waals surface area (Å²) in [5.74, 6) is 0.116. The van der Waals surface area contributed by atoms with Crippen molar-refractivity contribution in [3.05, 3.63) is 31.3 Å². The van der Waals surface area contributed by atoms with Gasteiger partial charge < -0.3 is 4.74 Å². The van der Waals surface area contributed by atoms with Crippen LogP contribution in [0.3, 0.4) is 0 Å². The molecule has 1 N–H and O–H groups in total. The number of aryl methyl sites for hydroxylation is 1. The second kappa shape index (κ2) is 8.93. The van der Waals surface area contributed by atoms with E-state index in [9.17, 15) is 27.6 Å². The average molecular weight is 491 g/mol. The number of thiophene rings is 1. The smallest absolute Gasteiger partial charge is 0.443 e. The maximum absolute atomic E-state index is 13.1. The van der Waals surface area contributed by atoms with Crippen LogP contribution in [0.2, 0.25) is 0 Å². The van der Waals surface area contributed by atoms with Gasteiger partial charge in [-0.1, -0.05) is 6.92 Å². The van der Waals surface area contributed by atoms with Gasteiger partial charge in [0, 0.05) is 6.04 Å². The fraction of sp³-hybridized carbons (Fsp3) is 0.600. The van der Waals surface area contributed by atoms with Crippen molar-refractivity contribution < 1.29 is 27.4 Å². The molecule has 13 heteroatoms. The number of nitrogens with zero attached hydrogens (tertiary/aromatic N) is 3. The second-order valence-electron chi connectivity index (χ2n) is 8.83. The first-order chi connectivity index (χ1) is 15.2. The molecule has 33 heavy (non-hydrogen) atoms. The van der Waals surface area contributed by atoms with E-state index in [0.29, 0.717) is 16.9 Å². The number of halogens is 3. The molecule has 2 heterocycles. The second-order valence-corrected chi connectivity index (χ2v) is 9.86. The van der Waals surface area contributed by atoms with Gasteiger partial charge in [-0.05, 0) is 45.6 Å². The largest absolute Gasteiger partial charge is 0.522 e.